The van der Waals surface area contributed by atoms with Crippen LogP contribution in [0.15, 0.2) is 42.5 Å². The van der Waals surface area contributed by atoms with Crippen molar-refractivity contribution in [2.75, 3.05) is 19.5 Å². The molecule has 0 radical (unpaired) electrons. The van der Waals surface area contributed by atoms with Crippen LogP contribution < -0.4 is 14.8 Å². The SMILES string of the molecule is CON(C)C(=O)Nc1ccc(Oc2ccc(OC(F)F)cc2)c(Cl)c1. The van der Waals surface area contributed by atoms with E-state index in [0.717, 1.165) is 5.06 Å². The molecule has 0 spiro atoms. The molecule has 0 unspecified atom stereocenters. The first-order chi connectivity index (χ1) is 11.9. The van der Waals surface area contributed by atoms with Crippen LogP contribution in [0.25, 0.3) is 0 Å². The summed E-state index contributed by atoms with van der Waals surface area (Å²) in [5.41, 5.74) is 0.451. The summed E-state index contributed by atoms with van der Waals surface area (Å²) >= 11 is 6.13. The van der Waals surface area contributed by atoms with Gasteiger partial charge in [-0.3, -0.25) is 4.84 Å². The van der Waals surface area contributed by atoms with Gasteiger partial charge in [0.25, 0.3) is 0 Å². The zero-order chi connectivity index (χ0) is 18.4. The van der Waals surface area contributed by atoms with Crippen molar-refractivity contribution in [3.63, 3.8) is 0 Å². The Hall–Kier alpha value is -2.58. The molecule has 6 nitrogen and oxygen atoms in total. The highest BCUT2D eigenvalue weighted by Gasteiger charge is 2.11. The first-order valence-corrected chi connectivity index (χ1v) is 7.38. The number of urea groups is 1. The third-order valence-corrected chi connectivity index (χ3v) is 3.32. The molecule has 0 aliphatic heterocycles. The van der Waals surface area contributed by atoms with Gasteiger partial charge in [-0.1, -0.05) is 11.6 Å². The largest absolute Gasteiger partial charge is 0.456 e. The maximum absolute atomic E-state index is 12.1. The number of benzene rings is 2. The zero-order valence-corrected chi connectivity index (χ0v) is 14.1. The molecule has 25 heavy (non-hydrogen) atoms. The van der Waals surface area contributed by atoms with Crippen molar-refractivity contribution < 1.29 is 27.9 Å². The highest BCUT2D eigenvalue weighted by atomic mass is 35.5. The third kappa shape index (κ3) is 5.47. The third-order valence-electron chi connectivity index (χ3n) is 3.02. The van der Waals surface area contributed by atoms with Crippen LogP contribution in [0.4, 0.5) is 19.3 Å². The lowest BCUT2D eigenvalue weighted by Crippen LogP contribution is -2.30. The maximum atomic E-state index is 12.1. The summed E-state index contributed by atoms with van der Waals surface area (Å²) in [5, 5.41) is 3.86. The van der Waals surface area contributed by atoms with Crippen molar-refractivity contribution in [3.8, 4) is 17.2 Å². The minimum atomic E-state index is -2.89. The molecule has 0 aromatic heterocycles. The van der Waals surface area contributed by atoms with E-state index < -0.39 is 12.6 Å². The number of halogens is 3. The molecule has 0 saturated heterocycles. The predicted octanol–water partition coefficient (Wildman–Crippen LogP) is 4.76. The Morgan fingerprint density at radius 1 is 1.16 bits per heavy atom. The molecule has 1 N–H and O–H groups in total. The Labute approximate surface area is 147 Å². The van der Waals surface area contributed by atoms with Crippen LogP contribution in [-0.4, -0.2) is 31.9 Å². The van der Waals surface area contributed by atoms with Gasteiger partial charge >= 0.3 is 12.6 Å². The lowest BCUT2D eigenvalue weighted by molar-refractivity contribution is -0.0598. The number of carbonyl (C=O) groups excluding carboxylic acids is 1. The van der Waals surface area contributed by atoms with Crippen LogP contribution in [0, 0.1) is 0 Å². The Morgan fingerprint density at radius 3 is 2.36 bits per heavy atom. The van der Waals surface area contributed by atoms with Crippen molar-refractivity contribution in [2.24, 2.45) is 0 Å². The van der Waals surface area contributed by atoms with Gasteiger partial charge in [0.05, 0.1) is 12.1 Å². The molecule has 2 rings (SSSR count). The zero-order valence-electron chi connectivity index (χ0n) is 13.3. The number of hydroxylamine groups is 2. The highest BCUT2D eigenvalue weighted by molar-refractivity contribution is 6.32. The molecule has 0 atom stereocenters. The number of hydrogen-bond donors (Lipinski definition) is 1. The Balaban J connectivity index is 2.04. The van der Waals surface area contributed by atoms with Crippen molar-refractivity contribution >= 4 is 23.3 Å². The lowest BCUT2D eigenvalue weighted by Gasteiger charge is -2.15. The summed E-state index contributed by atoms with van der Waals surface area (Å²) < 4.78 is 34.0. The van der Waals surface area contributed by atoms with E-state index in [2.05, 4.69) is 10.1 Å². The van der Waals surface area contributed by atoms with Crippen LogP contribution in [0.5, 0.6) is 17.2 Å². The highest BCUT2D eigenvalue weighted by Crippen LogP contribution is 2.32. The molecule has 0 aliphatic rings. The molecule has 9 heteroatoms. The number of nitrogens with one attached hydrogen (secondary N) is 1. The number of anilines is 1. The van der Waals surface area contributed by atoms with Gasteiger partial charge in [0.15, 0.2) is 0 Å². The van der Waals surface area contributed by atoms with Crippen LogP contribution in [0.3, 0.4) is 0 Å². The van der Waals surface area contributed by atoms with Gasteiger partial charge in [-0.05, 0) is 42.5 Å². The molecule has 2 aromatic rings. The standard InChI is InChI=1S/C16H15ClF2N2O4/c1-21(23-2)16(22)20-10-3-8-14(13(17)9-10)24-11-4-6-12(7-5-11)25-15(18)19/h3-9,15H,1-2H3,(H,20,22). The van der Waals surface area contributed by atoms with E-state index in [9.17, 15) is 13.6 Å². The van der Waals surface area contributed by atoms with Gasteiger partial charge in [0, 0.05) is 12.7 Å². The molecule has 134 valence electrons. The average Bonchev–Trinajstić information content (AvgIpc) is 2.57. The number of nitrogens with zero attached hydrogens (tertiary/aromatic N) is 1. The molecule has 0 heterocycles. The molecule has 0 aliphatic carbocycles. The average molecular weight is 373 g/mol. The summed E-state index contributed by atoms with van der Waals surface area (Å²) in [6.07, 6.45) is 0. The van der Waals surface area contributed by atoms with E-state index in [-0.39, 0.29) is 10.8 Å². The minimum absolute atomic E-state index is 0.0220. The Bertz CT molecular complexity index is 729. The van der Waals surface area contributed by atoms with Crippen LogP contribution >= 0.6 is 11.6 Å². The van der Waals surface area contributed by atoms with Gasteiger partial charge in [-0.2, -0.15) is 8.78 Å². The molecule has 0 bridgehead atoms. The summed E-state index contributed by atoms with van der Waals surface area (Å²) in [6.45, 7) is -2.89. The Morgan fingerprint density at radius 2 is 1.80 bits per heavy atom. The van der Waals surface area contributed by atoms with Gasteiger partial charge in [-0.15, -0.1) is 0 Å². The number of ether oxygens (including phenoxy) is 2. The number of amides is 2. The van der Waals surface area contributed by atoms with Crippen LogP contribution in [0.2, 0.25) is 5.02 Å². The number of hydrogen-bond acceptors (Lipinski definition) is 4. The summed E-state index contributed by atoms with van der Waals surface area (Å²) in [5.74, 6) is 0.746. The van der Waals surface area contributed by atoms with E-state index in [1.165, 1.54) is 44.5 Å². The van der Waals surface area contributed by atoms with Crippen molar-refractivity contribution in [3.05, 3.63) is 47.5 Å². The summed E-state index contributed by atoms with van der Waals surface area (Å²) in [6, 6.07) is 9.84. The molecular formula is C16H15ClF2N2O4. The van der Waals surface area contributed by atoms with Crippen molar-refractivity contribution in [1.29, 1.82) is 0 Å². The molecule has 2 aromatic carbocycles. The van der Waals surface area contributed by atoms with E-state index in [0.29, 0.717) is 17.2 Å². The normalized spacial score (nSPS) is 10.5. The fourth-order valence-electron chi connectivity index (χ4n) is 1.76. The van der Waals surface area contributed by atoms with Crippen molar-refractivity contribution in [2.45, 2.75) is 6.61 Å². The lowest BCUT2D eigenvalue weighted by atomic mass is 10.3. The molecule has 0 saturated carbocycles. The first-order valence-electron chi connectivity index (χ1n) is 7.00. The summed E-state index contributed by atoms with van der Waals surface area (Å²) in [7, 11) is 2.82. The second kappa shape index (κ2) is 8.50. The fourth-order valence-corrected chi connectivity index (χ4v) is 1.98. The van der Waals surface area contributed by atoms with Crippen molar-refractivity contribution in [1.82, 2.24) is 5.06 Å². The minimum Gasteiger partial charge on any atom is -0.456 e. The van der Waals surface area contributed by atoms with Gasteiger partial charge in [0.1, 0.15) is 17.2 Å². The van der Waals surface area contributed by atoms with Gasteiger partial charge < -0.3 is 14.8 Å². The number of rotatable bonds is 6. The van der Waals surface area contributed by atoms with E-state index in [1.54, 1.807) is 12.1 Å². The first kappa shape index (κ1) is 18.8. The summed E-state index contributed by atoms with van der Waals surface area (Å²) in [4.78, 5) is 16.4. The molecule has 0 fully saturated rings. The second-order valence-electron chi connectivity index (χ2n) is 4.71. The quantitative estimate of drug-likeness (QED) is 0.743. The predicted molar refractivity (Wildman–Crippen MR) is 88.4 cm³/mol. The van der Waals surface area contributed by atoms with Crippen LogP contribution in [0.1, 0.15) is 0 Å². The van der Waals surface area contributed by atoms with Crippen LogP contribution in [-0.2, 0) is 4.84 Å². The van der Waals surface area contributed by atoms with Gasteiger partial charge in [-0.25, -0.2) is 9.86 Å². The maximum Gasteiger partial charge on any atom is 0.387 e. The smallest absolute Gasteiger partial charge is 0.387 e. The van der Waals surface area contributed by atoms with E-state index in [4.69, 9.17) is 21.2 Å². The van der Waals surface area contributed by atoms with Gasteiger partial charge in [0.2, 0.25) is 0 Å². The van der Waals surface area contributed by atoms with E-state index >= 15 is 0 Å². The number of alkyl halides is 2. The fraction of sp³-hybridized carbons (Fsp3) is 0.188. The molecular weight excluding hydrogens is 358 g/mol. The molecule has 2 amide bonds. The van der Waals surface area contributed by atoms with E-state index in [1.807, 2.05) is 0 Å². The topological polar surface area (TPSA) is 60.0 Å². The Kier molecular flexibility index (Phi) is 6.37. The second-order valence-corrected chi connectivity index (χ2v) is 5.11. The monoisotopic (exact) mass is 372 g/mol. The number of carbonyl (C=O) groups is 1.